The normalized spacial score (nSPS) is 10.1. The van der Waals surface area contributed by atoms with Crippen molar-refractivity contribution in [1.82, 2.24) is 0 Å². The van der Waals surface area contributed by atoms with Crippen LogP contribution in [0.4, 0.5) is 0 Å². The van der Waals surface area contributed by atoms with Gasteiger partial charge in [0, 0.05) is 0 Å². The summed E-state index contributed by atoms with van der Waals surface area (Å²) in [5.74, 6) is -2.82. The van der Waals surface area contributed by atoms with Crippen molar-refractivity contribution in [2.75, 3.05) is 6.61 Å². The molecule has 0 bridgehead atoms. The first-order valence-corrected chi connectivity index (χ1v) is 2.78. The number of Topliss-reactive ketones (excluding diaryl/α,β-unsaturated/α-hetero) is 1. The van der Waals surface area contributed by atoms with Gasteiger partial charge in [-0.15, -0.1) is 0 Å². The fourth-order valence-electron chi connectivity index (χ4n) is 0.348. The van der Waals surface area contributed by atoms with Crippen LogP contribution in [0.25, 0.3) is 0 Å². The number of carbonyl (C=O) groups excluding carboxylic acids is 2. The van der Waals surface area contributed by atoms with Gasteiger partial charge in [-0.05, 0) is 0 Å². The molecule has 0 aliphatic rings. The second-order valence-electron chi connectivity index (χ2n) is 2.66. The van der Waals surface area contributed by atoms with Gasteiger partial charge in [-0.1, -0.05) is 13.8 Å². The standard InChI is InChI=1S/C6H10O4.Na/c1-6(2,3-7)4(8)5(9)10;/h7H,3H2,1-2H3,(H,9,10);/q;+1/p-1. The van der Waals surface area contributed by atoms with E-state index in [9.17, 15) is 14.7 Å². The van der Waals surface area contributed by atoms with Gasteiger partial charge in [0.15, 0.2) is 5.78 Å². The minimum Gasteiger partial charge on any atom is -0.542 e. The van der Waals surface area contributed by atoms with E-state index in [1.165, 1.54) is 13.8 Å². The van der Waals surface area contributed by atoms with Crippen LogP contribution >= 0.6 is 0 Å². The molecule has 0 aliphatic heterocycles. The maximum Gasteiger partial charge on any atom is 1.00 e. The van der Waals surface area contributed by atoms with Gasteiger partial charge in [-0.2, -0.15) is 0 Å². The van der Waals surface area contributed by atoms with Crippen LogP contribution in [-0.2, 0) is 9.59 Å². The van der Waals surface area contributed by atoms with Gasteiger partial charge >= 0.3 is 29.6 Å². The molecule has 58 valence electrons. The number of carboxylic acid groups (broad SMARTS) is 1. The molecule has 0 radical (unpaired) electrons. The predicted molar refractivity (Wildman–Crippen MR) is 30.9 cm³/mol. The molecule has 0 saturated carbocycles. The number of hydrogen-bond donors (Lipinski definition) is 1. The predicted octanol–water partition coefficient (Wildman–Crippen LogP) is -4.67. The molecule has 4 nitrogen and oxygen atoms in total. The van der Waals surface area contributed by atoms with Crippen molar-refractivity contribution < 1.29 is 49.4 Å². The molecular weight excluding hydrogens is 159 g/mol. The summed E-state index contributed by atoms with van der Waals surface area (Å²) in [7, 11) is 0. The Bertz CT molecular complexity index is 164. The zero-order valence-corrected chi connectivity index (χ0v) is 8.88. The summed E-state index contributed by atoms with van der Waals surface area (Å²) >= 11 is 0. The second-order valence-corrected chi connectivity index (χ2v) is 2.66. The SMILES string of the molecule is CC(C)(CO)C(=O)C(=O)[O-].[Na+]. The maximum atomic E-state index is 10.6. The molecule has 1 N–H and O–H groups in total. The number of rotatable bonds is 3. The Morgan fingerprint density at radius 2 is 1.82 bits per heavy atom. The molecule has 0 atom stereocenters. The molecule has 0 rings (SSSR count). The van der Waals surface area contributed by atoms with Gasteiger partial charge in [0.05, 0.1) is 12.0 Å². The van der Waals surface area contributed by atoms with Gasteiger partial charge in [0.2, 0.25) is 0 Å². The maximum absolute atomic E-state index is 10.6. The Hall–Kier alpha value is 0.100. The van der Waals surface area contributed by atoms with Crippen LogP contribution < -0.4 is 34.7 Å². The van der Waals surface area contributed by atoms with Crippen LogP contribution in [0.5, 0.6) is 0 Å². The number of ketones is 1. The van der Waals surface area contributed by atoms with E-state index >= 15 is 0 Å². The molecule has 0 saturated heterocycles. The molecule has 0 aromatic heterocycles. The molecule has 0 aromatic rings. The van der Waals surface area contributed by atoms with E-state index in [1.807, 2.05) is 0 Å². The van der Waals surface area contributed by atoms with Crippen LogP contribution in [0, 0.1) is 5.41 Å². The van der Waals surface area contributed by atoms with Crippen LogP contribution in [0.15, 0.2) is 0 Å². The van der Waals surface area contributed by atoms with E-state index in [0.717, 1.165) is 0 Å². The first kappa shape index (κ1) is 13.7. The quantitative estimate of drug-likeness (QED) is 0.339. The topological polar surface area (TPSA) is 77.4 Å². The van der Waals surface area contributed by atoms with Crippen LogP contribution in [0.2, 0.25) is 0 Å². The van der Waals surface area contributed by atoms with Gasteiger partial charge in [0.1, 0.15) is 5.97 Å². The van der Waals surface area contributed by atoms with Crippen LogP contribution in [0.1, 0.15) is 13.8 Å². The monoisotopic (exact) mass is 168 g/mol. The Morgan fingerprint density at radius 3 is 1.91 bits per heavy atom. The molecule has 5 heteroatoms. The minimum absolute atomic E-state index is 0. The summed E-state index contributed by atoms with van der Waals surface area (Å²) in [5.41, 5.74) is -1.22. The Morgan fingerprint density at radius 1 is 1.45 bits per heavy atom. The molecule has 11 heavy (non-hydrogen) atoms. The van der Waals surface area contributed by atoms with Crippen molar-refractivity contribution in [3.05, 3.63) is 0 Å². The van der Waals surface area contributed by atoms with E-state index in [2.05, 4.69) is 0 Å². The third kappa shape index (κ3) is 3.86. The van der Waals surface area contributed by atoms with Crippen molar-refractivity contribution in [3.8, 4) is 0 Å². The van der Waals surface area contributed by atoms with Gasteiger partial charge in [-0.3, -0.25) is 4.79 Å². The zero-order valence-electron chi connectivity index (χ0n) is 6.88. The van der Waals surface area contributed by atoms with E-state index < -0.39 is 23.8 Å². The number of aliphatic carboxylic acids is 1. The molecule has 0 fully saturated rings. The van der Waals surface area contributed by atoms with Gasteiger partial charge in [0.25, 0.3) is 0 Å². The fourth-order valence-corrected chi connectivity index (χ4v) is 0.348. The zero-order chi connectivity index (χ0) is 8.36. The van der Waals surface area contributed by atoms with Crippen LogP contribution in [-0.4, -0.2) is 23.5 Å². The Kier molecular flexibility index (Phi) is 6.06. The van der Waals surface area contributed by atoms with Crippen molar-refractivity contribution in [3.63, 3.8) is 0 Å². The van der Waals surface area contributed by atoms with Crippen molar-refractivity contribution in [1.29, 1.82) is 0 Å². The first-order chi connectivity index (χ1) is 4.41. The first-order valence-electron chi connectivity index (χ1n) is 2.78. The Labute approximate surface area is 86.9 Å². The number of hydrogen-bond acceptors (Lipinski definition) is 4. The molecule has 0 amide bonds. The van der Waals surface area contributed by atoms with E-state index in [-0.39, 0.29) is 29.6 Å². The van der Waals surface area contributed by atoms with Crippen molar-refractivity contribution in [2.45, 2.75) is 13.8 Å². The van der Waals surface area contributed by atoms with E-state index in [0.29, 0.717) is 0 Å². The summed E-state index contributed by atoms with van der Waals surface area (Å²) in [6.45, 7) is 2.19. The molecule has 0 spiro atoms. The summed E-state index contributed by atoms with van der Waals surface area (Å²) in [6, 6.07) is 0. The third-order valence-corrected chi connectivity index (χ3v) is 1.20. The summed E-state index contributed by atoms with van der Waals surface area (Å²) in [4.78, 5) is 20.5. The number of aliphatic hydroxyl groups excluding tert-OH is 1. The minimum atomic E-state index is -1.75. The average Bonchev–Trinajstić information content (AvgIpc) is 1.86. The smallest absolute Gasteiger partial charge is 0.542 e. The third-order valence-electron chi connectivity index (χ3n) is 1.20. The molecule has 0 aliphatic carbocycles. The van der Waals surface area contributed by atoms with Crippen molar-refractivity contribution >= 4 is 11.8 Å². The van der Waals surface area contributed by atoms with Crippen LogP contribution in [0.3, 0.4) is 0 Å². The summed E-state index contributed by atoms with van der Waals surface area (Å²) in [5, 5.41) is 18.4. The van der Waals surface area contributed by atoms with Gasteiger partial charge in [-0.25, -0.2) is 0 Å². The number of carbonyl (C=O) groups is 2. The van der Waals surface area contributed by atoms with Gasteiger partial charge < -0.3 is 15.0 Å². The van der Waals surface area contributed by atoms with E-state index in [4.69, 9.17) is 5.11 Å². The molecule has 0 heterocycles. The number of carboxylic acids is 1. The van der Waals surface area contributed by atoms with Crippen molar-refractivity contribution in [2.24, 2.45) is 5.41 Å². The Balaban J connectivity index is 0. The summed E-state index contributed by atoms with van der Waals surface area (Å²) < 4.78 is 0. The number of aliphatic hydroxyl groups is 1. The summed E-state index contributed by atoms with van der Waals surface area (Å²) in [6.07, 6.45) is 0. The molecule has 0 unspecified atom stereocenters. The largest absolute Gasteiger partial charge is 1.00 e. The molecule has 0 aromatic carbocycles. The second kappa shape index (κ2) is 4.87. The molecular formula is C6H9NaO4. The average molecular weight is 168 g/mol. The fraction of sp³-hybridized carbons (Fsp3) is 0.667. The van der Waals surface area contributed by atoms with E-state index in [1.54, 1.807) is 0 Å².